The minimum Gasteiger partial charge on any atom is -0.350 e. The molecule has 2 saturated heterocycles. The Balaban J connectivity index is 1.36. The number of hydrogen-bond acceptors (Lipinski definition) is 5. The zero-order valence-corrected chi connectivity index (χ0v) is 22.5. The monoisotopic (exact) mass is 571 g/mol. The average Bonchev–Trinajstić information content (AvgIpc) is 3.68. The number of halogens is 3. The van der Waals surface area contributed by atoms with Crippen LogP contribution in [0.15, 0.2) is 42.6 Å². The molecular formula is C28H28ClF2N5O4. The summed E-state index contributed by atoms with van der Waals surface area (Å²) in [6.07, 6.45) is -0.0603. The lowest BCUT2D eigenvalue weighted by Crippen LogP contribution is -2.46. The smallest absolute Gasteiger partial charge is 0.255 e. The molecule has 3 aromatic rings. The number of likely N-dealkylation sites (tertiary alicyclic amines) is 1. The minimum absolute atomic E-state index is 0.0842. The van der Waals surface area contributed by atoms with Gasteiger partial charge in [0.15, 0.2) is 5.78 Å². The van der Waals surface area contributed by atoms with E-state index in [1.807, 2.05) is 0 Å². The second-order valence-electron chi connectivity index (χ2n) is 10.0. The zero-order valence-electron chi connectivity index (χ0n) is 21.8. The van der Waals surface area contributed by atoms with Crippen molar-refractivity contribution in [3.8, 4) is 0 Å². The SMILES string of the molecule is CC(=O)c1cn(CC(=O)N2C[C@H](F)C[C@H]2C(=O)NCc2cccc(Cl)c2F)c2cc(C(=O)N3CCNC3)ccc12. The number of alkyl halides is 1. The van der Waals surface area contributed by atoms with Crippen molar-refractivity contribution in [1.29, 1.82) is 0 Å². The van der Waals surface area contributed by atoms with Crippen molar-refractivity contribution < 1.29 is 28.0 Å². The van der Waals surface area contributed by atoms with E-state index in [-0.39, 0.29) is 48.3 Å². The molecule has 9 nitrogen and oxygen atoms in total. The third kappa shape index (κ3) is 5.44. The lowest BCUT2D eigenvalue weighted by Gasteiger charge is -2.24. The minimum atomic E-state index is -1.41. The van der Waals surface area contributed by atoms with Crippen molar-refractivity contribution in [2.45, 2.75) is 38.6 Å². The van der Waals surface area contributed by atoms with Crippen LogP contribution in [0.3, 0.4) is 0 Å². The Labute approximate surface area is 234 Å². The largest absolute Gasteiger partial charge is 0.350 e. The first-order valence-corrected chi connectivity index (χ1v) is 13.3. The summed E-state index contributed by atoms with van der Waals surface area (Å²) in [6.45, 7) is 2.39. The Bertz CT molecular complexity index is 1500. The highest BCUT2D eigenvalue weighted by atomic mass is 35.5. The molecule has 40 heavy (non-hydrogen) atoms. The number of nitrogens with zero attached hydrogens (tertiary/aromatic N) is 3. The highest BCUT2D eigenvalue weighted by molar-refractivity contribution is 6.30. The molecule has 2 aliphatic rings. The number of hydrogen-bond donors (Lipinski definition) is 2. The van der Waals surface area contributed by atoms with E-state index < -0.39 is 29.8 Å². The number of ketones is 1. The van der Waals surface area contributed by atoms with Crippen LogP contribution in [0.5, 0.6) is 0 Å². The van der Waals surface area contributed by atoms with E-state index in [1.54, 1.807) is 33.7 Å². The lowest BCUT2D eigenvalue weighted by atomic mass is 10.1. The van der Waals surface area contributed by atoms with E-state index in [1.165, 1.54) is 30.2 Å². The molecule has 5 rings (SSSR count). The normalized spacial score (nSPS) is 18.9. The van der Waals surface area contributed by atoms with Crippen LogP contribution in [0.25, 0.3) is 10.9 Å². The van der Waals surface area contributed by atoms with Crippen molar-refractivity contribution >= 4 is 46.0 Å². The molecule has 0 aliphatic carbocycles. The van der Waals surface area contributed by atoms with Gasteiger partial charge in [-0.15, -0.1) is 0 Å². The van der Waals surface area contributed by atoms with Gasteiger partial charge in [0, 0.05) is 54.3 Å². The Kier molecular flexibility index (Phi) is 7.86. The van der Waals surface area contributed by atoms with Gasteiger partial charge in [-0.05, 0) is 25.1 Å². The summed E-state index contributed by atoms with van der Waals surface area (Å²) in [5, 5.41) is 6.18. The lowest BCUT2D eigenvalue weighted by molar-refractivity contribution is -0.139. The molecule has 2 atom stereocenters. The predicted molar refractivity (Wildman–Crippen MR) is 144 cm³/mol. The maximum Gasteiger partial charge on any atom is 0.255 e. The summed E-state index contributed by atoms with van der Waals surface area (Å²) in [7, 11) is 0. The molecule has 2 aliphatic heterocycles. The third-order valence-electron chi connectivity index (χ3n) is 7.32. The first-order chi connectivity index (χ1) is 19.1. The van der Waals surface area contributed by atoms with Gasteiger partial charge in [-0.2, -0.15) is 0 Å². The van der Waals surface area contributed by atoms with Gasteiger partial charge >= 0.3 is 0 Å². The molecule has 1 aromatic heterocycles. The maximum absolute atomic E-state index is 14.5. The second-order valence-corrected chi connectivity index (χ2v) is 10.4. The van der Waals surface area contributed by atoms with Crippen LogP contribution >= 0.6 is 11.6 Å². The number of benzene rings is 2. The molecule has 0 spiro atoms. The summed E-state index contributed by atoms with van der Waals surface area (Å²) in [4.78, 5) is 54.5. The first kappa shape index (κ1) is 27.7. The molecule has 0 radical (unpaired) electrons. The number of carbonyl (C=O) groups excluding carboxylic acids is 4. The summed E-state index contributed by atoms with van der Waals surface area (Å²) >= 11 is 5.80. The molecule has 12 heteroatoms. The molecule has 3 heterocycles. The van der Waals surface area contributed by atoms with E-state index >= 15 is 0 Å². The number of nitrogens with one attached hydrogen (secondary N) is 2. The molecule has 0 saturated carbocycles. The van der Waals surface area contributed by atoms with Crippen LogP contribution in [0, 0.1) is 5.82 Å². The van der Waals surface area contributed by atoms with Crippen LogP contribution in [-0.2, 0) is 22.7 Å². The topological polar surface area (TPSA) is 104 Å². The molecular weight excluding hydrogens is 544 g/mol. The van der Waals surface area contributed by atoms with Gasteiger partial charge in [-0.1, -0.05) is 29.8 Å². The van der Waals surface area contributed by atoms with Crippen LogP contribution in [0.1, 0.15) is 39.6 Å². The number of carbonyl (C=O) groups is 4. The fourth-order valence-electron chi connectivity index (χ4n) is 5.23. The molecule has 2 N–H and O–H groups in total. The van der Waals surface area contributed by atoms with Gasteiger partial charge in [-0.25, -0.2) is 8.78 Å². The number of rotatable bonds is 7. The fraction of sp³-hybridized carbons (Fsp3) is 0.357. The number of amides is 3. The van der Waals surface area contributed by atoms with Gasteiger partial charge in [0.25, 0.3) is 5.91 Å². The number of fused-ring (bicyclic) bond motifs is 1. The van der Waals surface area contributed by atoms with Crippen LogP contribution < -0.4 is 10.6 Å². The van der Waals surface area contributed by atoms with Crippen molar-refractivity contribution in [3.05, 3.63) is 70.1 Å². The molecule has 0 bridgehead atoms. The summed E-state index contributed by atoms with van der Waals surface area (Å²) in [6, 6.07) is 8.30. The maximum atomic E-state index is 14.5. The van der Waals surface area contributed by atoms with Crippen LogP contribution in [0.4, 0.5) is 8.78 Å². The van der Waals surface area contributed by atoms with Gasteiger partial charge in [0.2, 0.25) is 11.8 Å². The van der Waals surface area contributed by atoms with Crippen LogP contribution in [0.2, 0.25) is 5.02 Å². The van der Waals surface area contributed by atoms with E-state index in [0.717, 1.165) is 0 Å². The molecule has 2 aromatic carbocycles. The molecule has 3 amide bonds. The molecule has 210 valence electrons. The average molecular weight is 572 g/mol. The van der Waals surface area contributed by atoms with E-state index in [0.29, 0.717) is 41.8 Å². The molecule has 0 unspecified atom stereocenters. The number of aromatic nitrogens is 1. The Morgan fingerprint density at radius 3 is 2.70 bits per heavy atom. The van der Waals surface area contributed by atoms with E-state index in [4.69, 9.17) is 11.6 Å². The first-order valence-electron chi connectivity index (χ1n) is 12.9. The highest BCUT2D eigenvalue weighted by Gasteiger charge is 2.40. The fourth-order valence-corrected chi connectivity index (χ4v) is 5.42. The predicted octanol–water partition coefficient (Wildman–Crippen LogP) is 2.89. The van der Waals surface area contributed by atoms with Gasteiger partial charge < -0.3 is 19.7 Å². The van der Waals surface area contributed by atoms with Crippen molar-refractivity contribution in [1.82, 2.24) is 25.0 Å². The Hall–Kier alpha value is -3.83. The highest BCUT2D eigenvalue weighted by Crippen LogP contribution is 2.27. The van der Waals surface area contributed by atoms with E-state index in [9.17, 15) is 28.0 Å². The standard InChI is InChI=1S/C28H28ClF2N5O4/c1-16(37)21-13-35(23-9-17(5-6-20(21)23)28(40)34-8-7-32-15-34)14-25(38)36-12-19(30)10-24(36)27(39)33-11-18-3-2-4-22(29)26(18)31/h2-6,9,13,19,24,32H,7-8,10-12,14-15H2,1H3,(H,33,39)/t19-,24+/m1/s1. The van der Waals surface area contributed by atoms with E-state index in [2.05, 4.69) is 10.6 Å². The number of Topliss-reactive ketones (excluding diaryl/α,β-unsaturated/α-hetero) is 1. The zero-order chi connectivity index (χ0) is 28.6. The Morgan fingerprint density at radius 2 is 1.98 bits per heavy atom. The summed E-state index contributed by atoms with van der Waals surface area (Å²) in [5.41, 5.74) is 1.46. The quantitative estimate of drug-likeness (QED) is 0.425. The van der Waals surface area contributed by atoms with Gasteiger partial charge in [-0.3, -0.25) is 24.5 Å². The van der Waals surface area contributed by atoms with Crippen molar-refractivity contribution in [2.75, 3.05) is 26.3 Å². The molecule has 2 fully saturated rings. The van der Waals surface area contributed by atoms with Crippen molar-refractivity contribution in [3.63, 3.8) is 0 Å². The van der Waals surface area contributed by atoms with Gasteiger partial charge in [0.05, 0.1) is 23.8 Å². The second kappa shape index (κ2) is 11.3. The third-order valence-corrected chi connectivity index (χ3v) is 7.61. The van der Waals surface area contributed by atoms with Crippen LogP contribution in [-0.4, -0.2) is 76.4 Å². The van der Waals surface area contributed by atoms with Crippen molar-refractivity contribution in [2.24, 2.45) is 0 Å². The summed E-state index contributed by atoms with van der Waals surface area (Å²) < 4.78 is 30.2. The Morgan fingerprint density at radius 1 is 1.18 bits per heavy atom. The van der Waals surface area contributed by atoms with Gasteiger partial charge in [0.1, 0.15) is 24.6 Å². The summed E-state index contributed by atoms with van der Waals surface area (Å²) in [5.74, 6) is -2.19.